The molecule has 0 saturated heterocycles. The molecule has 14 nitrogen and oxygen atoms in total. The van der Waals surface area contributed by atoms with E-state index < -0.39 is 54.5 Å². The smallest absolute Gasteiger partial charge is 0.346 e. The zero-order chi connectivity index (χ0) is 30.6. The fraction of sp³-hybridized carbons (Fsp3) is 0.0769. The summed E-state index contributed by atoms with van der Waals surface area (Å²) in [7, 11) is 0. The van der Waals surface area contributed by atoms with Crippen molar-refractivity contribution < 1.29 is 36.2 Å². The first-order chi connectivity index (χ1) is 20.0. The van der Waals surface area contributed by atoms with Crippen molar-refractivity contribution in [2.75, 3.05) is 0 Å². The SMILES string of the molecule is O=[N+]([O-])c1ccc(C([N-]c2ccccc2[S-])C([N-]c2ccccc2[S-])c2ccc([N+](=O)[O-])c([N+](=O)[O-])c2)cc1[N+](=O)[O-].[Ni]. The zero-order valence-corrected chi connectivity index (χ0v) is 23.9. The van der Waals surface area contributed by atoms with Gasteiger partial charge in [0.05, 0.1) is 19.7 Å². The molecule has 224 valence electrons. The van der Waals surface area contributed by atoms with Gasteiger partial charge < -0.3 is 35.9 Å². The van der Waals surface area contributed by atoms with Gasteiger partial charge in [-0.3, -0.25) is 40.5 Å². The number of nitrogens with zero attached hydrogens (tertiary/aromatic N) is 6. The molecule has 0 heterocycles. The Morgan fingerprint density at radius 2 is 0.837 bits per heavy atom. The summed E-state index contributed by atoms with van der Waals surface area (Å²) in [6.45, 7) is 0. The molecule has 17 heteroatoms. The van der Waals surface area contributed by atoms with Crippen LogP contribution in [-0.4, -0.2) is 19.7 Å². The van der Waals surface area contributed by atoms with E-state index in [2.05, 4.69) is 0 Å². The van der Waals surface area contributed by atoms with Gasteiger partial charge >= 0.3 is 22.7 Å². The van der Waals surface area contributed by atoms with Crippen LogP contribution in [0.25, 0.3) is 10.6 Å². The van der Waals surface area contributed by atoms with Crippen molar-refractivity contribution in [1.82, 2.24) is 0 Å². The Morgan fingerprint density at radius 1 is 0.512 bits per heavy atom. The molecule has 0 spiro atoms. The van der Waals surface area contributed by atoms with E-state index in [4.69, 9.17) is 35.9 Å². The van der Waals surface area contributed by atoms with Gasteiger partial charge in [-0.2, -0.15) is 21.2 Å². The van der Waals surface area contributed by atoms with Crippen LogP contribution in [0.1, 0.15) is 23.2 Å². The number of benzene rings is 4. The molecule has 4 rings (SSSR count). The summed E-state index contributed by atoms with van der Waals surface area (Å²) >= 11 is 10.8. The molecular weight excluding hydrogens is 647 g/mol. The first-order valence-electron chi connectivity index (χ1n) is 11.8. The molecule has 0 bridgehead atoms. The topological polar surface area (TPSA) is 201 Å². The van der Waals surface area contributed by atoms with Gasteiger partial charge in [-0.05, 0) is 0 Å². The van der Waals surface area contributed by atoms with E-state index in [1.54, 1.807) is 48.5 Å². The predicted octanol–water partition coefficient (Wildman–Crippen LogP) is 7.32. The third-order valence-corrected chi connectivity index (χ3v) is 6.75. The second-order valence-corrected chi connectivity index (χ2v) is 9.49. The molecule has 0 amide bonds. The molecule has 43 heavy (non-hydrogen) atoms. The van der Waals surface area contributed by atoms with Gasteiger partial charge in [-0.15, -0.1) is 12.1 Å². The van der Waals surface area contributed by atoms with Crippen LogP contribution in [-0.2, 0) is 41.7 Å². The largest absolute Gasteiger partial charge is 0.781 e. The molecule has 0 aliphatic rings. The summed E-state index contributed by atoms with van der Waals surface area (Å²) in [5.74, 6) is 0. The van der Waals surface area contributed by atoms with E-state index >= 15 is 0 Å². The van der Waals surface area contributed by atoms with Gasteiger partial charge in [0.15, 0.2) is 0 Å². The van der Waals surface area contributed by atoms with Crippen molar-refractivity contribution in [3.8, 4) is 0 Å². The van der Waals surface area contributed by atoms with E-state index in [9.17, 15) is 40.5 Å². The normalized spacial score (nSPS) is 11.8. The maximum atomic E-state index is 11.8. The number of nitro benzene ring substituents is 4. The molecular formula is C26H16N6NiO8S2-4. The zero-order valence-electron chi connectivity index (χ0n) is 21.3. The van der Waals surface area contributed by atoms with E-state index in [1.165, 1.54) is 12.1 Å². The second kappa shape index (κ2) is 13.8. The van der Waals surface area contributed by atoms with Crippen LogP contribution in [0.4, 0.5) is 34.1 Å². The quantitative estimate of drug-likeness (QED) is 0.0677. The second-order valence-electron chi connectivity index (χ2n) is 8.61. The minimum absolute atomic E-state index is 0. The van der Waals surface area contributed by atoms with Crippen molar-refractivity contribution in [2.24, 2.45) is 0 Å². The van der Waals surface area contributed by atoms with E-state index in [-0.39, 0.29) is 39.0 Å². The van der Waals surface area contributed by atoms with Crippen LogP contribution in [0.5, 0.6) is 0 Å². The summed E-state index contributed by atoms with van der Waals surface area (Å²) in [5.41, 5.74) is -2.46. The summed E-state index contributed by atoms with van der Waals surface area (Å²) in [6, 6.07) is 16.9. The van der Waals surface area contributed by atoms with Crippen LogP contribution >= 0.6 is 0 Å². The maximum Gasteiger partial charge on any atom is 0.346 e. The molecule has 4 aromatic rings. The molecule has 2 atom stereocenters. The third kappa shape index (κ3) is 7.27. The van der Waals surface area contributed by atoms with E-state index in [1.807, 2.05) is 0 Å². The van der Waals surface area contributed by atoms with Crippen molar-refractivity contribution in [3.05, 3.63) is 147 Å². The number of hydrogen-bond donors (Lipinski definition) is 0. The average molecular weight is 663 g/mol. The standard InChI is InChI=1S/C26H18N6O8S2.Ni/c33-29(34)19-11-9-15(13-21(19)31(37)38)25(27-17-5-1-3-7-23(17)41)26(28-18-6-2-4-8-24(18)42)16-10-12-20(30(35)36)22(14-16)32(39)40;/h1-14,25-26,41-42H;/q-2;/p-2. The van der Waals surface area contributed by atoms with E-state index in [0.29, 0.717) is 9.79 Å². The Balaban J connectivity index is 0.00000506. The van der Waals surface area contributed by atoms with Crippen molar-refractivity contribution in [1.29, 1.82) is 0 Å². The Morgan fingerprint density at radius 3 is 1.14 bits per heavy atom. The van der Waals surface area contributed by atoms with Crippen LogP contribution in [0, 0.1) is 40.5 Å². The Hall–Kier alpha value is -4.99. The third-order valence-electron chi connectivity index (χ3n) is 6.05. The summed E-state index contributed by atoms with van der Waals surface area (Å²) < 4.78 is 0. The molecule has 0 N–H and O–H groups in total. The van der Waals surface area contributed by atoms with Crippen LogP contribution < -0.4 is 0 Å². The number of rotatable bonds is 11. The Kier molecular flexibility index (Phi) is 10.4. The molecule has 4 aromatic carbocycles. The summed E-state index contributed by atoms with van der Waals surface area (Å²) in [6.07, 6.45) is 0. The maximum absolute atomic E-state index is 11.8. The van der Waals surface area contributed by atoms with E-state index in [0.717, 1.165) is 24.3 Å². The first kappa shape index (κ1) is 32.5. The van der Waals surface area contributed by atoms with Crippen LogP contribution in [0.2, 0.25) is 0 Å². The molecule has 0 aromatic heterocycles. The molecule has 0 aliphatic heterocycles. The predicted molar refractivity (Wildman–Crippen MR) is 155 cm³/mol. The van der Waals surface area contributed by atoms with Gasteiger partial charge in [0.2, 0.25) is 0 Å². The summed E-state index contributed by atoms with van der Waals surface area (Å²) in [4.78, 5) is 43.5. The monoisotopic (exact) mass is 662 g/mol. The Bertz CT molecular complexity index is 1600. The molecule has 0 saturated carbocycles. The first-order valence-corrected chi connectivity index (χ1v) is 12.6. The van der Waals surface area contributed by atoms with Crippen molar-refractivity contribution in [2.45, 2.75) is 21.9 Å². The van der Waals surface area contributed by atoms with Crippen molar-refractivity contribution in [3.63, 3.8) is 0 Å². The van der Waals surface area contributed by atoms with Crippen LogP contribution in [0.15, 0.2) is 94.7 Å². The van der Waals surface area contributed by atoms with Gasteiger partial charge in [0, 0.05) is 40.8 Å². The van der Waals surface area contributed by atoms with Crippen LogP contribution in [0.3, 0.4) is 0 Å². The fourth-order valence-electron chi connectivity index (χ4n) is 4.13. The Labute approximate surface area is 263 Å². The minimum atomic E-state index is -1.22. The summed E-state index contributed by atoms with van der Waals surface area (Å²) in [5, 5.41) is 56.0. The minimum Gasteiger partial charge on any atom is -0.781 e. The van der Waals surface area contributed by atoms with Gasteiger partial charge in [-0.1, -0.05) is 71.8 Å². The number of para-hydroxylation sites is 2. The molecule has 2 unspecified atom stereocenters. The molecule has 0 radical (unpaired) electrons. The van der Waals surface area contributed by atoms with Crippen molar-refractivity contribution >= 4 is 59.4 Å². The van der Waals surface area contributed by atoms with Gasteiger partial charge in [0.1, 0.15) is 0 Å². The van der Waals surface area contributed by atoms with Gasteiger partial charge in [-0.25, -0.2) is 0 Å². The van der Waals surface area contributed by atoms with Gasteiger partial charge in [0.25, 0.3) is 0 Å². The average Bonchev–Trinajstić information content (AvgIpc) is 2.96. The molecule has 0 aliphatic carbocycles. The fourth-order valence-corrected chi connectivity index (χ4v) is 4.53. The number of nitro groups is 4. The number of hydrogen-bond acceptors (Lipinski definition) is 10. The molecule has 0 fully saturated rings.